The summed E-state index contributed by atoms with van der Waals surface area (Å²) in [5, 5.41) is 8.46. The predicted molar refractivity (Wildman–Crippen MR) is 48.3 cm³/mol. The molecule has 0 aromatic heterocycles. The van der Waals surface area contributed by atoms with E-state index in [4.69, 9.17) is 11.0 Å². The molecule has 0 radical (unpaired) electrons. The van der Waals surface area contributed by atoms with Gasteiger partial charge in [-0.05, 0) is 18.6 Å². The van der Waals surface area contributed by atoms with Crippen LogP contribution in [-0.4, -0.2) is 0 Å². The molecule has 0 fully saturated rings. The van der Waals surface area contributed by atoms with Crippen molar-refractivity contribution >= 4 is 0 Å². The van der Waals surface area contributed by atoms with E-state index < -0.39 is 17.7 Å². The topological polar surface area (TPSA) is 49.8 Å². The molecule has 14 heavy (non-hydrogen) atoms. The monoisotopic (exact) mass is 196 g/mol. The summed E-state index contributed by atoms with van der Waals surface area (Å²) in [4.78, 5) is 0. The van der Waals surface area contributed by atoms with Crippen molar-refractivity contribution in [3.63, 3.8) is 0 Å². The highest BCUT2D eigenvalue weighted by Crippen LogP contribution is 2.22. The number of rotatable bonds is 2. The molecule has 0 aliphatic carbocycles. The van der Waals surface area contributed by atoms with Crippen LogP contribution in [0.2, 0.25) is 0 Å². The van der Waals surface area contributed by atoms with Crippen LogP contribution in [0.25, 0.3) is 0 Å². The lowest BCUT2D eigenvalue weighted by atomic mass is 10.0. The summed E-state index contributed by atoms with van der Waals surface area (Å²) in [6.45, 7) is 1.74. The average Bonchev–Trinajstić information content (AvgIpc) is 2.16. The van der Waals surface area contributed by atoms with Crippen LogP contribution in [0.15, 0.2) is 12.1 Å². The van der Waals surface area contributed by atoms with E-state index >= 15 is 0 Å². The van der Waals surface area contributed by atoms with E-state index in [2.05, 4.69) is 0 Å². The van der Waals surface area contributed by atoms with Gasteiger partial charge in [-0.2, -0.15) is 5.26 Å². The molecule has 0 saturated heterocycles. The SMILES string of the molecule is CC[C@@H](N)c1c(F)cc(C#N)cc1F. The molecule has 2 nitrogen and oxygen atoms in total. The molecule has 2 N–H and O–H groups in total. The first-order valence-corrected chi connectivity index (χ1v) is 4.24. The minimum Gasteiger partial charge on any atom is -0.324 e. The lowest BCUT2D eigenvalue weighted by molar-refractivity contribution is 0.520. The van der Waals surface area contributed by atoms with Crippen LogP contribution in [0.3, 0.4) is 0 Å². The Hall–Kier alpha value is -1.47. The zero-order valence-corrected chi connectivity index (χ0v) is 7.72. The van der Waals surface area contributed by atoms with Crippen LogP contribution in [0.4, 0.5) is 8.78 Å². The summed E-state index contributed by atoms with van der Waals surface area (Å²) in [5.41, 5.74) is 5.34. The van der Waals surface area contributed by atoms with Gasteiger partial charge in [-0.15, -0.1) is 0 Å². The Bertz CT molecular complexity index is 359. The number of hydrogen-bond donors (Lipinski definition) is 1. The van der Waals surface area contributed by atoms with E-state index in [1.165, 1.54) is 0 Å². The van der Waals surface area contributed by atoms with Gasteiger partial charge >= 0.3 is 0 Å². The van der Waals surface area contributed by atoms with Crippen molar-refractivity contribution in [2.75, 3.05) is 0 Å². The fourth-order valence-electron chi connectivity index (χ4n) is 1.21. The van der Waals surface area contributed by atoms with Gasteiger partial charge in [0.15, 0.2) is 0 Å². The van der Waals surface area contributed by atoms with E-state index in [1.807, 2.05) is 0 Å². The Labute approximate surface area is 81.0 Å². The van der Waals surface area contributed by atoms with Crippen LogP contribution in [-0.2, 0) is 0 Å². The van der Waals surface area contributed by atoms with Gasteiger partial charge < -0.3 is 5.73 Å². The van der Waals surface area contributed by atoms with Crippen LogP contribution in [0.1, 0.15) is 30.5 Å². The molecule has 0 unspecified atom stereocenters. The third-order valence-corrected chi connectivity index (χ3v) is 2.02. The number of hydrogen-bond acceptors (Lipinski definition) is 2. The molecule has 1 atom stereocenters. The third kappa shape index (κ3) is 1.88. The minimum atomic E-state index is -0.754. The third-order valence-electron chi connectivity index (χ3n) is 2.02. The van der Waals surface area contributed by atoms with Gasteiger partial charge in [0, 0.05) is 11.6 Å². The van der Waals surface area contributed by atoms with E-state index in [0.717, 1.165) is 12.1 Å². The molecule has 74 valence electrons. The lowest BCUT2D eigenvalue weighted by Gasteiger charge is -2.11. The van der Waals surface area contributed by atoms with Crippen molar-refractivity contribution in [1.82, 2.24) is 0 Å². The maximum atomic E-state index is 13.3. The summed E-state index contributed by atoms with van der Waals surface area (Å²) in [6.07, 6.45) is 0.444. The van der Waals surface area contributed by atoms with Crippen molar-refractivity contribution < 1.29 is 8.78 Å². The molecule has 0 heterocycles. The molecule has 0 spiro atoms. The van der Waals surface area contributed by atoms with Crippen molar-refractivity contribution in [1.29, 1.82) is 5.26 Å². The van der Waals surface area contributed by atoms with Crippen molar-refractivity contribution in [2.45, 2.75) is 19.4 Å². The number of halogens is 2. The minimum absolute atomic E-state index is 0.0351. The second-order valence-electron chi connectivity index (χ2n) is 2.98. The summed E-state index contributed by atoms with van der Waals surface area (Å²) in [6, 6.07) is 3.00. The zero-order chi connectivity index (χ0) is 10.7. The fraction of sp³-hybridized carbons (Fsp3) is 0.300. The molecule has 1 rings (SSSR count). The zero-order valence-electron chi connectivity index (χ0n) is 7.72. The highest BCUT2D eigenvalue weighted by molar-refractivity contribution is 5.35. The molecule has 1 aromatic carbocycles. The van der Waals surface area contributed by atoms with E-state index in [1.54, 1.807) is 13.0 Å². The Balaban J connectivity index is 3.26. The van der Waals surface area contributed by atoms with Gasteiger partial charge in [-0.25, -0.2) is 8.78 Å². The first-order chi connectivity index (χ1) is 6.60. The van der Waals surface area contributed by atoms with Crippen molar-refractivity contribution in [2.24, 2.45) is 5.73 Å². The van der Waals surface area contributed by atoms with E-state index in [9.17, 15) is 8.78 Å². The maximum absolute atomic E-state index is 13.3. The van der Waals surface area contributed by atoms with Crippen molar-refractivity contribution in [3.8, 4) is 6.07 Å². The standard InChI is InChI=1S/C10H10F2N2/c1-2-9(14)10-7(11)3-6(5-13)4-8(10)12/h3-4,9H,2,14H2,1H3/t9-/m1/s1. The van der Waals surface area contributed by atoms with Gasteiger partial charge in [0.2, 0.25) is 0 Å². The average molecular weight is 196 g/mol. The van der Waals surface area contributed by atoms with Crippen LogP contribution in [0, 0.1) is 23.0 Å². The van der Waals surface area contributed by atoms with Crippen LogP contribution < -0.4 is 5.73 Å². The summed E-state index contributed by atoms with van der Waals surface area (Å²) < 4.78 is 26.5. The highest BCUT2D eigenvalue weighted by Gasteiger charge is 2.16. The molecular weight excluding hydrogens is 186 g/mol. The first kappa shape index (κ1) is 10.6. The van der Waals surface area contributed by atoms with Crippen LogP contribution >= 0.6 is 0 Å². The van der Waals surface area contributed by atoms with E-state index in [-0.39, 0.29) is 11.1 Å². The van der Waals surface area contributed by atoms with Gasteiger partial charge in [-0.3, -0.25) is 0 Å². The normalized spacial score (nSPS) is 12.2. The Morgan fingerprint density at radius 1 is 1.43 bits per heavy atom. The smallest absolute Gasteiger partial charge is 0.132 e. The Kier molecular flexibility index (Phi) is 3.15. The Morgan fingerprint density at radius 3 is 2.29 bits per heavy atom. The summed E-state index contributed by atoms with van der Waals surface area (Å²) >= 11 is 0. The summed E-state index contributed by atoms with van der Waals surface area (Å²) in [7, 11) is 0. The molecule has 0 aliphatic heterocycles. The molecule has 4 heteroatoms. The van der Waals surface area contributed by atoms with Crippen LogP contribution in [0.5, 0.6) is 0 Å². The quantitative estimate of drug-likeness (QED) is 0.788. The molecule has 0 amide bonds. The number of benzene rings is 1. The van der Waals surface area contributed by atoms with Gasteiger partial charge in [0.25, 0.3) is 0 Å². The molecular formula is C10H10F2N2. The molecule has 1 aromatic rings. The number of nitrogens with two attached hydrogens (primary N) is 1. The molecule has 0 bridgehead atoms. The summed E-state index contributed by atoms with van der Waals surface area (Å²) in [5.74, 6) is -1.51. The van der Waals surface area contributed by atoms with E-state index in [0.29, 0.717) is 6.42 Å². The largest absolute Gasteiger partial charge is 0.324 e. The van der Waals surface area contributed by atoms with Gasteiger partial charge in [0.05, 0.1) is 11.6 Å². The predicted octanol–water partition coefficient (Wildman–Crippen LogP) is 2.25. The highest BCUT2D eigenvalue weighted by atomic mass is 19.1. The second kappa shape index (κ2) is 4.16. The molecule has 0 aliphatic rings. The number of nitriles is 1. The van der Waals surface area contributed by atoms with Crippen molar-refractivity contribution in [3.05, 3.63) is 34.9 Å². The molecule has 0 saturated carbocycles. The lowest BCUT2D eigenvalue weighted by Crippen LogP contribution is -2.13. The fourth-order valence-corrected chi connectivity index (χ4v) is 1.21. The number of nitrogens with zero attached hydrogens (tertiary/aromatic N) is 1. The van der Waals surface area contributed by atoms with Gasteiger partial charge in [0.1, 0.15) is 11.6 Å². The van der Waals surface area contributed by atoms with Gasteiger partial charge in [-0.1, -0.05) is 6.92 Å². The Morgan fingerprint density at radius 2 is 1.93 bits per heavy atom. The maximum Gasteiger partial charge on any atom is 0.132 e. The second-order valence-corrected chi connectivity index (χ2v) is 2.98. The first-order valence-electron chi connectivity index (χ1n) is 4.24.